The number of morpholine rings is 1. The topological polar surface area (TPSA) is 71.9 Å². The zero-order valence-corrected chi connectivity index (χ0v) is 21.3. The minimum Gasteiger partial charge on any atom is -0.379 e. The molecule has 1 amide bonds. The first-order chi connectivity index (χ1) is 17.2. The average molecular weight is 510 g/mol. The van der Waals surface area contributed by atoms with Crippen molar-refractivity contribution in [1.29, 1.82) is 0 Å². The molecule has 0 saturated carbocycles. The van der Waals surface area contributed by atoms with E-state index in [-0.39, 0.29) is 16.6 Å². The van der Waals surface area contributed by atoms with Gasteiger partial charge in [-0.25, -0.2) is 12.8 Å². The summed E-state index contributed by atoms with van der Waals surface area (Å²) in [6, 6.07) is 13.1. The number of sulfonamides is 1. The van der Waals surface area contributed by atoms with Gasteiger partial charge in [0, 0.05) is 47.8 Å². The summed E-state index contributed by atoms with van der Waals surface area (Å²) < 4.78 is 48.8. The van der Waals surface area contributed by atoms with E-state index in [0.717, 1.165) is 22.6 Å². The van der Waals surface area contributed by atoms with E-state index in [2.05, 4.69) is 0 Å². The van der Waals surface area contributed by atoms with E-state index in [1.807, 2.05) is 37.5 Å². The van der Waals surface area contributed by atoms with Gasteiger partial charge in [0.1, 0.15) is 5.82 Å². The molecule has 0 atom stereocenters. The number of aryl methyl sites for hydroxylation is 1. The van der Waals surface area contributed by atoms with Crippen LogP contribution < -0.4 is 4.90 Å². The summed E-state index contributed by atoms with van der Waals surface area (Å²) in [5.41, 5.74) is 5.24. The number of hydrogen-bond donors (Lipinski definition) is 0. The van der Waals surface area contributed by atoms with Crippen LogP contribution in [0.25, 0.3) is 17.3 Å². The predicted molar refractivity (Wildman–Crippen MR) is 137 cm³/mol. The number of nitrogens with zero attached hydrogens (tertiary/aromatic N) is 3. The Morgan fingerprint density at radius 3 is 2.39 bits per heavy atom. The van der Waals surface area contributed by atoms with E-state index in [4.69, 9.17) is 4.74 Å². The van der Waals surface area contributed by atoms with E-state index >= 15 is 0 Å². The second-order valence-electron chi connectivity index (χ2n) is 8.94. The Morgan fingerprint density at radius 1 is 1.03 bits per heavy atom. The Labute approximate surface area is 210 Å². The summed E-state index contributed by atoms with van der Waals surface area (Å²) in [7, 11) is -3.71. The summed E-state index contributed by atoms with van der Waals surface area (Å²) in [4.78, 5) is 15.2. The molecule has 3 aromatic rings. The van der Waals surface area contributed by atoms with Gasteiger partial charge in [0.2, 0.25) is 10.0 Å². The number of halogens is 1. The molecular formula is C27H28FN3O4S. The third kappa shape index (κ3) is 4.07. The van der Waals surface area contributed by atoms with Crippen molar-refractivity contribution in [2.75, 3.05) is 37.7 Å². The van der Waals surface area contributed by atoms with Crippen LogP contribution >= 0.6 is 0 Å². The Hall–Kier alpha value is -3.27. The summed E-state index contributed by atoms with van der Waals surface area (Å²) in [5.74, 6) is -0.473. The third-order valence-electron chi connectivity index (χ3n) is 6.80. The smallest absolute Gasteiger partial charge is 0.258 e. The zero-order valence-electron chi connectivity index (χ0n) is 20.5. The molecule has 2 aliphatic rings. The maximum absolute atomic E-state index is 13.5. The van der Waals surface area contributed by atoms with Crippen LogP contribution in [0, 0.1) is 19.7 Å². The van der Waals surface area contributed by atoms with Crippen molar-refractivity contribution in [3.8, 4) is 5.69 Å². The zero-order chi connectivity index (χ0) is 25.6. The van der Waals surface area contributed by atoms with Gasteiger partial charge < -0.3 is 14.2 Å². The highest BCUT2D eigenvalue weighted by Crippen LogP contribution is 2.40. The number of aromatic nitrogens is 1. The van der Waals surface area contributed by atoms with E-state index in [0.29, 0.717) is 49.7 Å². The van der Waals surface area contributed by atoms with Gasteiger partial charge in [-0.05, 0) is 80.9 Å². The number of carbonyl (C=O) groups excluding carboxylic acids is 1. The molecule has 1 aromatic heterocycles. The number of benzene rings is 2. The number of likely N-dealkylation sites (N-methyl/N-ethyl adjacent to an activating group) is 1. The average Bonchev–Trinajstić information content (AvgIpc) is 3.31. The van der Waals surface area contributed by atoms with Crippen molar-refractivity contribution in [2.24, 2.45) is 0 Å². The third-order valence-corrected chi connectivity index (χ3v) is 8.70. The SMILES string of the molecule is CCN1C(=O)C(=Cc2cc(C)n(-c3ccc(F)cc3)c2C)c2cc(S(=O)(=O)N3CCOCC3)ccc21. The van der Waals surface area contributed by atoms with Crippen LogP contribution in [0.4, 0.5) is 10.1 Å². The number of anilines is 1. The Bertz CT molecular complexity index is 1470. The van der Waals surface area contributed by atoms with E-state index in [9.17, 15) is 17.6 Å². The Morgan fingerprint density at radius 2 is 1.72 bits per heavy atom. The summed E-state index contributed by atoms with van der Waals surface area (Å²) in [6.45, 7) is 7.59. The number of amides is 1. The van der Waals surface area contributed by atoms with Gasteiger partial charge in [0.15, 0.2) is 0 Å². The summed E-state index contributed by atoms with van der Waals surface area (Å²) in [5, 5.41) is 0. The lowest BCUT2D eigenvalue weighted by atomic mass is 10.0. The monoisotopic (exact) mass is 509 g/mol. The maximum Gasteiger partial charge on any atom is 0.258 e. The fourth-order valence-corrected chi connectivity index (χ4v) is 6.40. The molecule has 0 N–H and O–H groups in total. The van der Waals surface area contributed by atoms with Gasteiger partial charge >= 0.3 is 0 Å². The second-order valence-corrected chi connectivity index (χ2v) is 10.9. The van der Waals surface area contributed by atoms with Crippen molar-refractivity contribution >= 4 is 33.3 Å². The standard InChI is InChI=1S/C27H28FN3O4S/c1-4-30-26-10-9-23(36(33,34)29-11-13-35-14-12-29)17-24(26)25(27(30)32)16-20-15-18(2)31(19(20)3)22-7-5-21(28)6-8-22/h5-10,15-17H,4,11-14H2,1-3H3. The molecule has 7 nitrogen and oxygen atoms in total. The molecule has 188 valence electrons. The minimum atomic E-state index is -3.71. The van der Waals surface area contributed by atoms with Crippen LogP contribution in [0.15, 0.2) is 53.4 Å². The van der Waals surface area contributed by atoms with Crippen molar-refractivity contribution in [3.63, 3.8) is 0 Å². The lowest BCUT2D eigenvalue weighted by Gasteiger charge is -2.26. The minimum absolute atomic E-state index is 0.164. The van der Waals surface area contributed by atoms with Crippen LogP contribution in [0.2, 0.25) is 0 Å². The first-order valence-electron chi connectivity index (χ1n) is 11.9. The molecule has 0 unspecified atom stereocenters. The molecule has 9 heteroatoms. The number of ether oxygens (including phenoxy) is 1. The molecule has 1 saturated heterocycles. The summed E-state index contributed by atoms with van der Waals surface area (Å²) in [6.07, 6.45) is 1.82. The molecule has 3 heterocycles. The normalized spacial score (nSPS) is 17.7. The van der Waals surface area contributed by atoms with Crippen molar-refractivity contribution < 1.29 is 22.3 Å². The molecular weight excluding hydrogens is 481 g/mol. The molecule has 0 bridgehead atoms. The number of carbonyl (C=O) groups is 1. The van der Waals surface area contributed by atoms with Crippen LogP contribution in [0.3, 0.4) is 0 Å². The number of fused-ring (bicyclic) bond motifs is 1. The molecule has 1 fully saturated rings. The van der Waals surface area contributed by atoms with Crippen LogP contribution in [-0.4, -0.2) is 56.0 Å². The van der Waals surface area contributed by atoms with Crippen molar-refractivity contribution in [1.82, 2.24) is 8.87 Å². The fraction of sp³-hybridized carbons (Fsp3) is 0.296. The number of hydrogen-bond acceptors (Lipinski definition) is 4. The Kier molecular flexibility index (Phi) is 6.32. The van der Waals surface area contributed by atoms with Gasteiger partial charge in [-0.2, -0.15) is 4.31 Å². The van der Waals surface area contributed by atoms with Gasteiger partial charge in [0.05, 0.1) is 23.8 Å². The lowest BCUT2D eigenvalue weighted by Crippen LogP contribution is -2.40. The highest BCUT2D eigenvalue weighted by molar-refractivity contribution is 7.89. The predicted octanol–water partition coefficient (Wildman–Crippen LogP) is 4.16. The molecule has 2 aliphatic heterocycles. The summed E-state index contributed by atoms with van der Waals surface area (Å²) >= 11 is 0. The number of rotatable bonds is 5. The largest absolute Gasteiger partial charge is 0.379 e. The van der Waals surface area contributed by atoms with Crippen molar-refractivity contribution in [2.45, 2.75) is 25.7 Å². The quantitative estimate of drug-likeness (QED) is 0.485. The molecule has 2 aromatic carbocycles. The Balaban J connectivity index is 1.60. The molecule has 0 radical (unpaired) electrons. The molecule has 36 heavy (non-hydrogen) atoms. The molecule has 0 spiro atoms. The maximum atomic E-state index is 13.5. The second kappa shape index (κ2) is 9.31. The van der Waals surface area contributed by atoms with E-state index in [1.165, 1.54) is 16.4 Å². The van der Waals surface area contributed by atoms with Crippen LogP contribution in [-0.2, 0) is 19.6 Å². The fourth-order valence-electron chi connectivity index (χ4n) is 4.96. The van der Waals surface area contributed by atoms with Gasteiger partial charge in [-0.15, -0.1) is 0 Å². The van der Waals surface area contributed by atoms with Crippen LogP contribution in [0.5, 0.6) is 0 Å². The lowest BCUT2D eigenvalue weighted by molar-refractivity contribution is -0.112. The first kappa shape index (κ1) is 24.4. The first-order valence-corrected chi connectivity index (χ1v) is 13.4. The van der Waals surface area contributed by atoms with Crippen molar-refractivity contribution in [3.05, 3.63) is 76.9 Å². The van der Waals surface area contributed by atoms with Gasteiger partial charge in [-0.1, -0.05) is 0 Å². The van der Waals surface area contributed by atoms with Gasteiger partial charge in [0.25, 0.3) is 5.91 Å². The highest BCUT2D eigenvalue weighted by Gasteiger charge is 2.34. The van der Waals surface area contributed by atoms with E-state index in [1.54, 1.807) is 35.2 Å². The van der Waals surface area contributed by atoms with Gasteiger partial charge in [-0.3, -0.25) is 4.79 Å². The molecule has 0 aliphatic carbocycles. The van der Waals surface area contributed by atoms with E-state index < -0.39 is 10.0 Å². The van der Waals surface area contributed by atoms with Crippen LogP contribution in [0.1, 0.15) is 29.4 Å². The highest BCUT2D eigenvalue weighted by atomic mass is 32.2. The molecule has 5 rings (SSSR count).